The maximum Gasteiger partial charge on any atom is 0.257 e. The number of carbonyl (C=O) groups excluding carboxylic acids is 3. The summed E-state index contributed by atoms with van der Waals surface area (Å²) in [6.07, 6.45) is 2.00. The minimum Gasteiger partial charge on any atom is -0.322 e. The summed E-state index contributed by atoms with van der Waals surface area (Å²) >= 11 is 6.11. The zero-order chi connectivity index (χ0) is 19.8. The van der Waals surface area contributed by atoms with Gasteiger partial charge in [-0.05, 0) is 54.8 Å². The number of hydrogen-bond donors (Lipinski definition) is 1. The molecule has 2 aromatic rings. The zero-order valence-electron chi connectivity index (χ0n) is 15.5. The fourth-order valence-electron chi connectivity index (χ4n) is 3.83. The second kappa shape index (κ2) is 7.28. The fourth-order valence-corrected chi connectivity index (χ4v) is 3.99. The number of anilines is 3. The van der Waals surface area contributed by atoms with E-state index >= 15 is 0 Å². The minimum atomic E-state index is -0.298. The van der Waals surface area contributed by atoms with Crippen molar-refractivity contribution in [2.45, 2.75) is 26.2 Å². The first-order valence-electron chi connectivity index (χ1n) is 9.26. The van der Waals surface area contributed by atoms with Crippen molar-refractivity contribution >= 4 is 46.4 Å². The van der Waals surface area contributed by atoms with Crippen LogP contribution in [-0.2, 0) is 16.0 Å². The van der Waals surface area contributed by atoms with Crippen LogP contribution < -0.4 is 15.1 Å². The lowest BCUT2D eigenvalue weighted by atomic mass is 10.1. The second-order valence-corrected chi connectivity index (χ2v) is 7.47. The molecular weight excluding hydrogens is 378 g/mol. The van der Waals surface area contributed by atoms with Gasteiger partial charge in [0.2, 0.25) is 11.8 Å². The smallest absolute Gasteiger partial charge is 0.257 e. The number of nitrogens with one attached hydrogen (secondary N) is 1. The molecule has 0 aromatic heterocycles. The third-order valence-corrected chi connectivity index (χ3v) is 5.42. The number of amides is 3. The summed E-state index contributed by atoms with van der Waals surface area (Å²) in [5.41, 5.74) is 3.52. The Balaban J connectivity index is 1.60. The van der Waals surface area contributed by atoms with E-state index in [0.717, 1.165) is 24.1 Å². The van der Waals surface area contributed by atoms with Gasteiger partial charge in [-0.1, -0.05) is 11.6 Å². The zero-order valence-corrected chi connectivity index (χ0v) is 16.3. The summed E-state index contributed by atoms with van der Waals surface area (Å²) in [6, 6.07) is 10.5. The van der Waals surface area contributed by atoms with Crippen molar-refractivity contribution in [1.82, 2.24) is 0 Å². The Morgan fingerprint density at radius 1 is 1.04 bits per heavy atom. The minimum absolute atomic E-state index is 0.00169. The second-order valence-electron chi connectivity index (χ2n) is 7.03. The van der Waals surface area contributed by atoms with E-state index in [9.17, 15) is 14.4 Å². The molecule has 2 aromatic carbocycles. The predicted molar refractivity (Wildman–Crippen MR) is 109 cm³/mol. The van der Waals surface area contributed by atoms with E-state index in [4.69, 9.17) is 11.6 Å². The number of hydrogen-bond acceptors (Lipinski definition) is 3. The van der Waals surface area contributed by atoms with Crippen LogP contribution in [0.15, 0.2) is 36.4 Å². The Kier molecular flexibility index (Phi) is 4.81. The maximum atomic E-state index is 12.9. The summed E-state index contributed by atoms with van der Waals surface area (Å²) in [6.45, 7) is 2.78. The summed E-state index contributed by atoms with van der Waals surface area (Å²) < 4.78 is 0. The molecule has 2 heterocycles. The summed E-state index contributed by atoms with van der Waals surface area (Å²) in [5.74, 6) is -0.289. The number of carbonyl (C=O) groups is 3. The van der Waals surface area contributed by atoms with E-state index in [2.05, 4.69) is 5.32 Å². The molecular formula is C21H20ClN3O3. The third-order valence-electron chi connectivity index (χ3n) is 5.18. The number of fused-ring (bicyclic) bond motifs is 1. The SMILES string of the molecule is CC(=O)N1CCc2cc(NC(=O)c3ccc(Cl)cc3N3CCCC3=O)ccc21. The largest absolute Gasteiger partial charge is 0.322 e. The normalized spacial score (nSPS) is 15.7. The Morgan fingerprint density at radius 2 is 1.86 bits per heavy atom. The average molecular weight is 398 g/mol. The van der Waals surface area contributed by atoms with E-state index < -0.39 is 0 Å². The summed E-state index contributed by atoms with van der Waals surface area (Å²) in [7, 11) is 0. The van der Waals surface area contributed by atoms with Crippen LogP contribution in [0.25, 0.3) is 0 Å². The van der Waals surface area contributed by atoms with E-state index in [1.807, 2.05) is 12.1 Å². The highest BCUT2D eigenvalue weighted by Gasteiger charge is 2.27. The van der Waals surface area contributed by atoms with E-state index in [0.29, 0.717) is 41.5 Å². The average Bonchev–Trinajstić information content (AvgIpc) is 3.27. The lowest BCUT2D eigenvalue weighted by Gasteiger charge is -2.20. The molecule has 0 spiro atoms. The molecule has 144 valence electrons. The molecule has 0 radical (unpaired) electrons. The van der Waals surface area contributed by atoms with Crippen molar-refractivity contribution in [2.24, 2.45) is 0 Å². The first-order chi connectivity index (χ1) is 13.4. The van der Waals surface area contributed by atoms with Crippen molar-refractivity contribution in [3.05, 3.63) is 52.5 Å². The molecule has 0 aliphatic carbocycles. The number of halogens is 1. The van der Waals surface area contributed by atoms with Gasteiger partial charge in [0, 0.05) is 42.8 Å². The van der Waals surface area contributed by atoms with Gasteiger partial charge < -0.3 is 15.1 Å². The molecule has 6 nitrogen and oxygen atoms in total. The van der Waals surface area contributed by atoms with Gasteiger partial charge >= 0.3 is 0 Å². The molecule has 0 unspecified atom stereocenters. The van der Waals surface area contributed by atoms with Crippen molar-refractivity contribution < 1.29 is 14.4 Å². The molecule has 0 bridgehead atoms. The fraction of sp³-hybridized carbons (Fsp3) is 0.286. The van der Waals surface area contributed by atoms with Gasteiger partial charge in [0.25, 0.3) is 5.91 Å². The van der Waals surface area contributed by atoms with Crippen LogP contribution in [0.2, 0.25) is 5.02 Å². The molecule has 28 heavy (non-hydrogen) atoms. The maximum absolute atomic E-state index is 12.9. The number of nitrogens with zero attached hydrogens (tertiary/aromatic N) is 2. The molecule has 1 fully saturated rings. The van der Waals surface area contributed by atoms with Crippen molar-refractivity contribution in [1.29, 1.82) is 0 Å². The molecule has 2 aliphatic rings. The van der Waals surface area contributed by atoms with Gasteiger partial charge in [0.1, 0.15) is 0 Å². The van der Waals surface area contributed by atoms with Gasteiger partial charge in [-0.25, -0.2) is 0 Å². The molecule has 0 atom stereocenters. The highest BCUT2D eigenvalue weighted by Crippen LogP contribution is 2.32. The molecule has 7 heteroatoms. The molecule has 2 aliphatic heterocycles. The van der Waals surface area contributed by atoms with Crippen molar-refractivity contribution in [3.8, 4) is 0 Å². The lowest BCUT2D eigenvalue weighted by Crippen LogP contribution is -2.27. The van der Waals surface area contributed by atoms with Crippen molar-refractivity contribution in [3.63, 3.8) is 0 Å². The standard InChI is InChI=1S/C21H20ClN3O3/c1-13(26)24-10-8-14-11-16(5-7-18(14)24)23-21(28)17-6-4-15(22)12-19(17)25-9-2-3-20(25)27/h4-7,11-12H,2-3,8-10H2,1H3,(H,23,28). The Labute approximate surface area is 168 Å². The van der Waals surface area contributed by atoms with Crippen LogP contribution in [0.3, 0.4) is 0 Å². The van der Waals surface area contributed by atoms with Gasteiger partial charge in [-0.3, -0.25) is 14.4 Å². The van der Waals surface area contributed by atoms with E-state index in [1.165, 1.54) is 0 Å². The first kappa shape index (κ1) is 18.5. The number of rotatable bonds is 3. The Bertz CT molecular complexity index is 989. The number of benzene rings is 2. The van der Waals surface area contributed by atoms with Crippen LogP contribution in [0.5, 0.6) is 0 Å². The molecule has 4 rings (SSSR count). The highest BCUT2D eigenvalue weighted by molar-refractivity contribution is 6.31. The molecule has 3 amide bonds. The predicted octanol–water partition coefficient (Wildman–Crippen LogP) is 3.63. The van der Waals surface area contributed by atoms with Crippen LogP contribution >= 0.6 is 11.6 Å². The Hall–Kier alpha value is -2.86. The topological polar surface area (TPSA) is 69.7 Å². The first-order valence-corrected chi connectivity index (χ1v) is 9.64. The van der Waals surface area contributed by atoms with E-state index in [-0.39, 0.29) is 17.7 Å². The molecule has 1 saturated heterocycles. The van der Waals surface area contributed by atoms with Gasteiger partial charge in [0.15, 0.2) is 0 Å². The van der Waals surface area contributed by atoms with Crippen molar-refractivity contribution in [2.75, 3.05) is 28.2 Å². The Morgan fingerprint density at radius 3 is 2.57 bits per heavy atom. The molecule has 1 N–H and O–H groups in total. The van der Waals surface area contributed by atoms with Crippen LogP contribution in [0, 0.1) is 0 Å². The van der Waals surface area contributed by atoms with Crippen LogP contribution in [0.1, 0.15) is 35.7 Å². The summed E-state index contributed by atoms with van der Waals surface area (Å²) in [4.78, 5) is 40.1. The van der Waals surface area contributed by atoms with Crippen LogP contribution in [-0.4, -0.2) is 30.8 Å². The monoisotopic (exact) mass is 397 g/mol. The van der Waals surface area contributed by atoms with E-state index in [1.54, 1.807) is 41.0 Å². The third kappa shape index (κ3) is 3.36. The van der Waals surface area contributed by atoms with Gasteiger partial charge in [-0.15, -0.1) is 0 Å². The molecule has 0 saturated carbocycles. The lowest BCUT2D eigenvalue weighted by molar-refractivity contribution is -0.117. The summed E-state index contributed by atoms with van der Waals surface area (Å²) in [5, 5.41) is 3.39. The van der Waals surface area contributed by atoms with Gasteiger partial charge in [-0.2, -0.15) is 0 Å². The quantitative estimate of drug-likeness (QED) is 0.859. The highest BCUT2D eigenvalue weighted by atomic mass is 35.5. The van der Waals surface area contributed by atoms with Crippen LogP contribution in [0.4, 0.5) is 17.1 Å². The van der Waals surface area contributed by atoms with Gasteiger partial charge in [0.05, 0.1) is 11.3 Å².